The van der Waals surface area contributed by atoms with Crippen LogP contribution in [0.25, 0.3) is 22.6 Å². The Kier molecular flexibility index (Phi) is 7.23. The van der Waals surface area contributed by atoms with Gasteiger partial charge in [-0.25, -0.2) is 0 Å². The number of aromatic nitrogens is 1. The molecule has 5 rings (SSSR count). The fraction of sp³-hybridized carbons (Fsp3) is 0.267. The molecule has 1 saturated heterocycles. The van der Waals surface area contributed by atoms with Gasteiger partial charge in [-0.1, -0.05) is 17.3 Å². The molecule has 3 aromatic carbocycles. The number of carbonyl (C=O) groups excluding carboxylic acids is 1. The minimum atomic E-state index is -0.229. The van der Waals surface area contributed by atoms with Crippen LogP contribution < -0.4 is 14.8 Å². The Morgan fingerprint density at radius 1 is 1.05 bits per heavy atom. The summed E-state index contributed by atoms with van der Waals surface area (Å²) in [5.41, 5.74) is 2.59. The Hall–Kier alpha value is -4.10. The number of ether oxygens (including phenoxy) is 2. The van der Waals surface area contributed by atoms with E-state index in [0.29, 0.717) is 51.1 Å². The lowest BCUT2D eigenvalue weighted by Crippen LogP contribution is -2.37. The molecular formula is C30H30N2O5. The van der Waals surface area contributed by atoms with E-state index in [0.717, 1.165) is 25.9 Å². The Morgan fingerprint density at radius 2 is 1.81 bits per heavy atom. The lowest BCUT2D eigenvalue weighted by atomic mass is 9.94. The number of nitrogens with one attached hydrogen (secondary N) is 1. The van der Waals surface area contributed by atoms with Crippen molar-refractivity contribution in [2.45, 2.75) is 25.9 Å². The predicted octanol–water partition coefficient (Wildman–Crippen LogP) is 5.72. The lowest BCUT2D eigenvalue weighted by Gasteiger charge is -2.28. The van der Waals surface area contributed by atoms with E-state index in [1.807, 2.05) is 36.4 Å². The van der Waals surface area contributed by atoms with Crippen molar-refractivity contribution in [3.05, 3.63) is 83.9 Å². The Morgan fingerprint density at radius 3 is 2.51 bits per heavy atom. The number of nitrogens with zero attached hydrogens (tertiary/aromatic N) is 1. The molecule has 190 valence electrons. The van der Waals surface area contributed by atoms with Crippen LogP contribution in [0, 0.1) is 5.92 Å². The number of carbonyl (C=O) groups is 1. The molecule has 2 N–H and O–H groups in total. The summed E-state index contributed by atoms with van der Waals surface area (Å²) in [5.74, 6) is 2.03. The lowest BCUT2D eigenvalue weighted by molar-refractivity contribution is 0.103. The number of methoxy groups -OCH3 is 1. The van der Waals surface area contributed by atoms with Crippen molar-refractivity contribution < 1.29 is 23.9 Å². The number of phenols is 1. The molecular weight excluding hydrogens is 468 g/mol. The van der Waals surface area contributed by atoms with E-state index in [2.05, 4.69) is 17.4 Å². The molecule has 0 aliphatic carbocycles. The van der Waals surface area contributed by atoms with Gasteiger partial charge < -0.3 is 24.4 Å². The van der Waals surface area contributed by atoms with Crippen LogP contribution >= 0.6 is 0 Å². The van der Waals surface area contributed by atoms with Gasteiger partial charge in [0.1, 0.15) is 22.9 Å². The van der Waals surface area contributed by atoms with E-state index < -0.39 is 0 Å². The van der Waals surface area contributed by atoms with Crippen LogP contribution in [0.1, 0.15) is 35.7 Å². The van der Waals surface area contributed by atoms with Crippen molar-refractivity contribution in [3.63, 3.8) is 0 Å². The second kappa shape index (κ2) is 10.9. The number of phenolic OH excluding ortho intramolecular Hbond substituents is 1. The summed E-state index contributed by atoms with van der Waals surface area (Å²) in [6.07, 6.45) is 2.28. The summed E-state index contributed by atoms with van der Waals surface area (Å²) in [7, 11) is 1.60. The first-order valence-electron chi connectivity index (χ1n) is 12.5. The highest BCUT2D eigenvalue weighted by atomic mass is 16.5. The molecule has 1 aliphatic rings. The molecule has 2 atom stereocenters. The molecule has 0 bridgehead atoms. The SMILES string of the molecule is COc1ccc(-c2onc(-c3ccc(O)cc3)c2C(=O)c2cccc(OC(C)C3CCCNC3)c2)cc1. The monoisotopic (exact) mass is 498 g/mol. The molecule has 0 amide bonds. The molecule has 2 heterocycles. The maximum atomic E-state index is 14.0. The van der Waals surface area contributed by atoms with Gasteiger partial charge in [-0.05, 0) is 87.0 Å². The van der Waals surface area contributed by atoms with Crippen LogP contribution in [0.3, 0.4) is 0 Å². The first-order valence-corrected chi connectivity index (χ1v) is 12.5. The van der Waals surface area contributed by atoms with Gasteiger partial charge in [0.05, 0.1) is 18.8 Å². The number of hydrogen-bond donors (Lipinski definition) is 2. The number of ketones is 1. The van der Waals surface area contributed by atoms with Gasteiger partial charge in [0.2, 0.25) is 0 Å². The van der Waals surface area contributed by atoms with Gasteiger partial charge in [-0.3, -0.25) is 4.79 Å². The highest BCUT2D eigenvalue weighted by Crippen LogP contribution is 2.36. The molecule has 7 nitrogen and oxygen atoms in total. The van der Waals surface area contributed by atoms with Crippen LogP contribution in [-0.4, -0.2) is 42.3 Å². The number of rotatable bonds is 8. The number of benzene rings is 3. The first kappa shape index (κ1) is 24.6. The van der Waals surface area contributed by atoms with Crippen LogP contribution in [-0.2, 0) is 0 Å². The van der Waals surface area contributed by atoms with Crippen LogP contribution in [0.4, 0.5) is 0 Å². The average Bonchev–Trinajstić information content (AvgIpc) is 3.39. The summed E-state index contributed by atoms with van der Waals surface area (Å²) >= 11 is 0. The molecule has 1 aromatic heterocycles. The molecule has 0 saturated carbocycles. The standard InChI is InChI=1S/C30H30N2O5/c1-19(23-6-4-16-31-18-23)36-26-7-3-5-22(17-26)29(34)27-28(20-8-12-24(33)13-9-20)32-37-30(27)21-10-14-25(35-2)15-11-21/h3,5,7-15,17,19,23,31,33H,4,6,16,18H2,1-2H3. The fourth-order valence-electron chi connectivity index (χ4n) is 4.70. The van der Waals surface area contributed by atoms with Crippen molar-refractivity contribution in [3.8, 4) is 39.8 Å². The zero-order valence-electron chi connectivity index (χ0n) is 20.9. The molecule has 1 aliphatic heterocycles. The van der Waals surface area contributed by atoms with Gasteiger partial charge in [0.25, 0.3) is 0 Å². The Balaban J connectivity index is 1.51. The normalized spacial score (nSPS) is 16.2. The van der Waals surface area contributed by atoms with E-state index in [-0.39, 0.29) is 17.6 Å². The third-order valence-electron chi connectivity index (χ3n) is 6.83. The smallest absolute Gasteiger partial charge is 0.199 e. The minimum absolute atomic E-state index is 0.0242. The summed E-state index contributed by atoms with van der Waals surface area (Å²) < 4.78 is 17.3. The van der Waals surface area contributed by atoms with Crippen LogP contribution in [0.2, 0.25) is 0 Å². The first-order chi connectivity index (χ1) is 18.0. The number of hydrogen-bond acceptors (Lipinski definition) is 7. The zero-order valence-corrected chi connectivity index (χ0v) is 20.9. The van der Waals surface area contributed by atoms with Crippen molar-refractivity contribution in [2.24, 2.45) is 5.92 Å². The minimum Gasteiger partial charge on any atom is -0.508 e. The molecule has 4 aromatic rings. The highest BCUT2D eigenvalue weighted by molar-refractivity contribution is 6.15. The Labute approximate surface area is 216 Å². The van der Waals surface area contributed by atoms with Crippen LogP contribution in [0.15, 0.2) is 77.3 Å². The third-order valence-corrected chi connectivity index (χ3v) is 6.83. The number of piperidine rings is 1. The molecule has 2 unspecified atom stereocenters. The molecule has 7 heteroatoms. The van der Waals surface area contributed by atoms with Gasteiger partial charge >= 0.3 is 0 Å². The maximum absolute atomic E-state index is 14.0. The quantitative estimate of drug-likeness (QED) is 0.300. The summed E-state index contributed by atoms with van der Waals surface area (Å²) in [6.45, 7) is 4.06. The van der Waals surface area contributed by atoms with E-state index in [1.54, 1.807) is 43.5 Å². The van der Waals surface area contributed by atoms with Gasteiger partial charge in [0.15, 0.2) is 11.5 Å². The largest absolute Gasteiger partial charge is 0.508 e. The zero-order chi connectivity index (χ0) is 25.8. The van der Waals surface area contributed by atoms with Crippen molar-refractivity contribution in [2.75, 3.05) is 20.2 Å². The number of aromatic hydroxyl groups is 1. The average molecular weight is 499 g/mol. The van der Waals surface area contributed by atoms with Gasteiger partial charge in [-0.15, -0.1) is 0 Å². The summed E-state index contributed by atoms with van der Waals surface area (Å²) in [6, 6.07) is 21.1. The molecule has 37 heavy (non-hydrogen) atoms. The summed E-state index contributed by atoms with van der Waals surface area (Å²) in [4.78, 5) is 14.0. The van der Waals surface area contributed by atoms with Gasteiger partial charge in [0, 0.05) is 29.2 Å². The molecule has 0 spiro atoms. The van der Waals surface area contributed by atoms with Crippen molar-refractivity contribution in [1.82, 2.24) is 10.5 Å². The van der Waals surface area contributed by atoms with E-state index in [9.17, 15) is 9.90 Å². The second-order valence-corrected chi connectivity index (χ2v) is 9.30. The fourth-order valence-corrected chi connectivity index (χ4v) is 4.70. The molecule has 0 radical (unpaired) electrons. The van der Waals surface area contributed by atoms with E-state index in [1.165, 1.54) is 0 Å². The second-order valence-electron chi connectivity index (χ2n) is 9.30. The maximum Gasteiger partial charge on any atom is 0.199 e. The predicted molar refractivity (Wildman–Crippen MR) is 141 cm³/mol. The van der Waals surface area contributed by atoms with E-state index >= 15 is 0 Å². The van der Waals surface area contributed by atoms with E-state index in [4.69, 9.17) is 14.0 Å². The third kappa shape index (κ3) is 5.37. The van der Waals surface area contributed by atoms with Crippen molar-refractivity contribution >= 4 is 5.78 Å². The summed E-state index contributed by atoms with van der Waals surface area (Å²) in [5, 5.41) is 17.4. The van der Waals surface area contributed by atoms with Gasteiger partial charge in [-0.2, -0.15) is 0 Å². The topological polar surface area (TPSA) is 93.8 Å². The highest BCUT2D eigenvalue weighted by Gasteiger charge is 2.27. The van der Waals surface area contributed by atoms with Crippen LogP contribution in [0.5, 0.6) is 17.2 Å². The Bertz CT molecular complexity index is 1360. The van der Waals surface area contributed by atoms with Crippen molar-refractivity contribution in [1.29, 1.82) is 0 Å². The molecule has 1 fully saturated rings.